The normalized spacial score (nSPS) is 11.6. The van der Waals surface area contributed by atoms with Gasteiger partial charge in [-0.2, -0.15) is 5.10 Å². The quantitative estimate of drug-likeness (QED) is 0.798. The van der Waals surface area contributed by atoms with Crippen molar-refractivity contribution in [2.45, 2.75) is 18.4 Å². The third-order valence-corrected chi connectivity index (χ3v) is 4.76. The van der Waals surface area contributed by atoms with Crippen molar-refractivity contribution in [2.24, 2.45) is 0 Å². The number of hydrogen-bond donors (Lipinski definition) is 3. The molecule has 0 bridgehead atoms. The van der Waals surface area contributed by atoms with E-state index in [1.165, 1.54) is 19.1 Å². The predicted molar refractivity (Wildman–Crippen MR) is 76.5 cm³/mol. The summed E-state index contributed by atoms with van der Waals surface area (Å²) in [7, 11) is -3.96. The lowest BCUT2D eigenvalue weighted by molar-refractivity contribution is 0.273. The number of aromatic amines is 1. The molecule has 0 atom stereocenters. The SMILES string of the molecule is Cc1[nH]nc(CO)c1S(=O)(=O)Nc1c(Cl)cccc1Cl. The Bertz CT molecular complexity index is 723. The summed E-state index contributed by atoms with van der Waals surface area (Å²) in [5.74, 6) is 0. The zero-order valence-corrected chi connectivity index (χ0v) is 12.6. The van der Waals surface area contributed by atoms with Gasteiger partial charge in [-0.15, -0.1) is 0 Å². The lowest BCUT2D eigenvalue weighted by Gasteiger charge is -2.11. The van der Waals surface area contributed by atoms with Gasteiger partial charge < -0.3 is 5.11 Å². The second-order valence-electron chi connectivity index (χ2n) is 3.98. The summed E-state index contributed by atoms with van der Waals surface area (Å²) in [4.78, 5) is -0.115. The fraction of sp³-hybridized carbons (Fsp3) is 0.182. The van der Waals surface area contributed by atoms with Crippen LogP contribution < -0.4 is 4.72 Å². The van der Waals surface area contributed by atoms with E-state index in [1.807, 2.05) is 0 Å². The predicted octanol–water partition coefficient (Wildman–Crippen LogP) is 2.32. The van der Waals surface area contributed by atoms with Crippen LogP contribution in [0.3, 0.4) is 0 Å². The Morgan fingerprint density at radius 2 is 1.95 bits per heavy atom. The first-order valence-corrected chi connectivity index (χ1v) is 7.72. The molecule has 108 valence electrons. The van der Waals surface area contributed by atoms with Crippen molar-refractivity contribution in [1.29, 1.82) is 0 Å². The van der Waals surface area contributed by atoms with E-state index in [2.05, 4.69) is 14.9 Å². The summed E-state index contributed by atoms with van der Waals surface area (Å²) in [5, 5.41) is 15.7. The van der Waals surface area contributed by atoms with E-state index < -0.39 is 16.6 Å². The average Bonchev–Trinajstić information content (AvgIpc) is 2.76. The molecule has 2 aromatic rings. The number of aliphatic hydroxyl groups excluding tert-OH is 1. The zero-order valence-electron chi connectivity index (χ0n) is 10.3. The van der Waals surface area contributed by atoms with Crippen molar-refractivity contribution in [3.8, 4) is 0 Å². The van der Waals surface area contributed by atoms with Crippen LogP contribution in [0.2, 0.25) is 10.0 Å². The van der Waals surface area contributed by atoms with Crippen LogP contribution in [-0.4, -0.2) is 23.7 Å². The monoisotopic (exact) mass is 335 g/mol. The first-order chi connectivity index (χ1) is 9.36. The van der Waals surface area contributed by atoms with Gasteiger partial charge in [-0.05, 0) is 19.1 Å². The largest absolute Gasteiger partial charge is 0.390 e. The van der Waals surface area contributed by atoms with Crippen molar-refractivity contribution in [3.63, 3.8) is 0 Å². The molecule has 1 heterocycles. The van der Waals surface area contributed by atoms with Crippen LogP contribution in [-0.2, 0) is 16.6 Å². The molecule has 0 unspecified atom stereocenters. The highest BCUT2D eigenvalue weighted by Gasteiger charge is 2.25. The third kappa shape index (κ3) is 2.76. The number of nitrogens with one attached hydrogen (secondary N) is 2. The van der Waals surface area contributed by atoms with Crippen LogP contribution in [0.1, 0.15) is 11.4 Å². The molecule has 0 aliphatic carbocycles. The van der Waals surface area contributed by atoms with E-state index in [0.717, 1.165) is 0 Å². The van der Waals surface area contributed by atoms with Crippen LogP contribution in [0.25, 0.3) is 0 Å². The van der Waals surface area contributed by atoms with Crippen LogP contribution in [0.5, 0.6) is 0 Å². The molecule has 9 heteroatoms. The Balaban J connectivity index is 2.49. The first-order valence-electron chi connectivity index (χ1n) is 5.48. The zero-order chi connectivity index (χ0) is 14.9. The van der Waals surface area contributed by atoms with Crippen LogP contribution >= 0.6 is 23.2 Å². The van der Waals surface area contributed by atoms with Crippen LogP contribution in [0, 0.1) is 6.92 Å². The summed E-state index contributed by atoms with van der Waals surface area (Å²) in [6.45, 7) is 1.03. The summed E-state index contributed by atoms with van der Waals surface area (Å²) in [6.07, 6.45) is 0. The molecule has 0 radical (unpaired) electrons. The van der Waals surface area contributed by atoms with Gasteiger partial charge in [0.15, 0.2) is 0 Å². The van der Waals surface area contributed by atoms with Gasteiger partial charge in [0.2, 0.25) is 0 Å². The number of hydrogen-bond acceptors (Lipinski definition) is 4. The second kappa shape index (κ2) is 5.61. The fourth-order valence-electron chi connectivity index (χ4n) is 1.71. The molecule has 3 N–H and O–H groups in total. The molecular formula is C11H11Cl2N3O3S. The molecule has 0 saturated carbocycles. The lowest BCUT2D eigenvalue weighted by atomic mass is 10.3. The van der Waals surface area contributed by atoms with Gasteiger partial charge in [0.05, 0.1) is 28.0 Å². The van der Waals surface area contributed by atoms with E-state index in [0.29, 0.717) is 5.69 Å². The topological polar surface area (TPSA) is 95.1 Å². The molecule has 0 saturated heterocycles. The highest BCUT2D eigenvalue weighted by atomic mass is 35.5. The smallest absolute Gasteiger partial charge is 0.265 e. The molecule has 1 aromatic carbocycles. The lowest BCUT2D eigenvalue weighted by Crippen LogP contribution is -2.16. The van der Waals surface area contributed by atoms with Gasteiger partial charge in [0.1, 0.15) is 10.6 Å². The molecule has 0 aliphatic heterocycles. The number of aromatic nitrogens is 2. The van der Waals surface area contributed by atoms with Crippen molar-refractivity contribution in [3.05, 3.63) is 39.6 Å². The second-order valence-corrected chi connectivity index (χ2v) is 6.42. The minimum atomic E-state index is -3.96. The number of para-hydroxylation sites is 1. The van der Waals surface area contributed by atoms with E-state index >= 15 is 0 Å². The number of anilines is 1. The maximum atomic E-state index is 12.4. The number of aliphatic hydroxyl groups is 1. The standard InChI is InChI=1S/C11H11Cl2N3O3S/c1-6-11(9(5-17)15-14-6)20(18,19)16-10-7(12)3-2-4-8(10)13/h2-4,16-17H,5H2,1H3,(H,14,15). The molecule has 0 spiro atoms. The van der Waals surface area contributed by atoms with Gasteiger partial charge in [-0.3, -0.25) is 9.82 Å². The minimum Gasteiger partial charge on any atom is -0.390 e. The Labute approximate surface area is 125 Å². The van der Waals surface area contributed by atoms with Gasteiger partial charge in [0, 0.05) is 0 Å². The molecular weight excluding hydrogens is 325 g/mol. The van der Waals surface area contributed by atoms with Gasteiger partial charge in [-0.1, -0.05) is 29.3 Å². The number of nitrogens with zero attached hydrogens (tertiary/aromatic N) is 1. The summed E-state index contributed by atoms with van der Waals surface area (Å²) >= 11 is 11.9. The molecule has 6 nitrogen and oxygen atoms in total. The Kier molecular flexibility index (Phi) is 4.24. The molecule has 1 aromatic heterocycles. The minimum absolute atomic E-state index is 0.0261. The molecule has 20 heavy (non-hydrogen) atoms. The maximum Gasteiger partial charge on any atom is 0.265 e. The van der Waals surface area contributed by atoms with E-state index in [4.69, 9.17) is 28.3 Å². The number of benzene rings is 1. The summed E-state index contributed by atoms with van der Waals surface area (Å²) in [5.41, 5.74) is 0.420. The molecule has 0 fully saturated rings. The Morgan fingerprint density at radius 1 is 1.35 bits per heavy atom. The Hall–Kier alpha value is -1.28. The van der Waals surface area contributed by atoms with Gasteiger partial charge in [-0.25, -0.2) is 8.42 Å². The number of H-pyrrole nitrogens is 1. The Morgan fingerprint density at radius 3 is 2.50 bits per heavy atom. The highest BCUT2D eigenvalue weighted by Crippen LogP contribution is 2.32. The van der Waals surface area contributed by atoms with Crippen LogP contribution in [0.15, 0.2) is 23.1 Å². The number of rotatable bonds is 4. The van der Waals surface area contributed by atoms with E-state index in [9.17, 15) is 8.42 Å². The van der Waals surface area contributed by atoms with Crippen molar-refractivity contribution in [1.82, 2.24) is 10.2 Å². The van der Waals surface area contributed by atoms with Gasteiger partial charge in [0.25, 0.3) is 10.0 Å². The number of aryl methyl sites for hydroxylation is 1. The average molecular weight is 336 g/mol. The number of halogens is 2. The summed E-state index contributed by atoms with van der Waals surface area (Å²) in [6, 6.07) is 4.63. The van der Waals surface area contributed by atoms with E-state index in [1.54, 1.807) is 6.07 Å². The maximum absolute atomic E-state index is 12.4. The van der Waals surface area contributed by atoms with Crippen molar-refractivity contribution in [2.75, 3.05) is 4.72 Å². The highest BCUT2D eigenvalue weighted by molar-refractivity contribution is 7.92. The molecule has 2 rings (SSSR count). The van der Waals surface area contributed by atoms with Gasteiger partial charge >= 0.3 is 0 Å². The first kappa shape index (κ1) is 15.1. The summed E-state index contributed by atoms with van der Waals surface area (Å²) < 4.78 is 27.0. The molecule has 0 amide bonds. The van der Waals surface area contributed by atoms with Crippen LogP contribution in [0.4, 0.5) is 5.69 Å². The van der Waals surface area contributed by atoms with Crippen molar-refractivity contribution < 1.29 is 13.5 Å². The third-order valence-electron chi connectivity index (χ3n) is 2.58. The number of sulfonamides is 1. The van der Waals surface area contributed by atoms with Crippen molar-refractivity contribution >= 4 is 38.9 Å². The fourth-order valence-corrected chi connectivity index (χ4v) is 3.78. The van der Waals surface area contributed by atoms with E-state index in [-0.39, 0.29) is 26.3 Å². The molecule has 0 aliphatic rings.